The molecular formula is C31H41NO3. The summed E-state index contributed by atoms with van der Waals surface area (Å²) in [6, 6.07) is 9.01. The number of rotatable bonds is 6. The van der Waals surface area contributed by atoms with E-state index in [2.05, 4.69) is 50.2 Å². The van der Waals surface area contributed by atoms with Gasteiger partial charge < -0.3 is 10.0 Å². The molecule has 0 aliphatic heterocycles. The van der Waals surface area contributed by atoms with E-state index in [1.165, 1.54) is 22.4 Å². The van der Waals surface area contributed by atoms with Gasteiger partial charge in [-0.1, -0.05) is 24.6 Å². The number of benzene rings is 1. The van der Waals surface area contributed by atoms with Gasteiger partial charge in [0.15, 0.2) is 5.78 Å². The Morgan fingerprint density at radius 2 is 1.86 bits per heavy atom. The van der Waals surface area contributed by atoms with Crippen molar-refractivity contribution in [3.8, 4) is 0 Å². The molecule has 4 aliphatic rings. The van der Waals surface area contributed by atoms with Gasteiger partial charge in [0.2, 0.25) is 0 Å². The van der Waals surface area contributed by atoms with Crippen LogP contribution >= 0.6 is 0 Å². The fraction of sp³-hybridized carbons (Fsp3) is 0.613. The average Bonchev–Trinajstić information content (AvgIpc) is 3.14. The van der Waals surface area contributed by atoms with Gasteiger partial charge in [0.25, 0.3) is 0 Å². The number of aliphatic hydroxyl groups excluding tert-OH is 1. The van der Waals surface area contributed by atoms with Gasteiger partial charge >= 0.3 is 0 Å². The maximum atomic E-state index is 13.4. The summed E-state index contributed by atoms with van der Waals surface area (Å²) in [5.74, 6) is 1.83. The van der Waals surface area contributed by atoms with E-state index in [1.54, 1.807) is 12.5 Å². The van der Waals surface area contributed by atoms with Gasteiger partial charge in [-0.05, 0) is 110 Å². The van der Waals surface area contributed by atoms with Crippen molar-refractivity contribution in [3.05, 3.63) is 52.6 Å². The zero-order valence-corrected chi connectivity index (χ0v) is 21.9. The fourth-order valence-electron chi connectivity index (χ4n) is 8.63. The number of hydrogen-bond acceptors (Lipinski definition) is 4. The number of nitrogens with zero attached hydrogens (tertiary/aromatic N) is 1. The third kappa shape index (κ3) is 3.75. The monoisotopic (exact) mass is 475 g/mol. The summed E-state index contributed by atoms with van der Waals surface area (Å²) >= 11 is 0. The van der Waals surface area contributed by atoms with Crippen molar-refractivity contribution in [2.24, 2.45) is 22.7 Å². The van der Waals surface area contributed by atoms with Gasteiger partial charge in [0.1, 0.15) is 5.78 Å². The number of hydrogen-bond donors (Lipinski definition) is 1. The molecule has 1 aromatic rings. The van der Waals surface area contributed by atoms with Crippen LogP contribution in [-0.2, 0) is 9.59 Å². The molecule has 4 heteroatoms. The minimum atomic E-state index is -0.350. The molecule has 188 valence electrons. The lowest BCUT2D eigenvalue weighted by atomic mass is 9.47. The summed E-state index contributed by atoms with van der Waals surface area (Å²) in [4.78, 5) is 27.8. The molecule has 0 heterocycles. The quantitative estimate of drug-likeness (QED) is 0.548. The van der Waals surface area contributed by atoms with E-state index in [9.17, 15) is 14.7 Å². The molecule has 2 fully saturated rings. The summed E-state index contributed by atoms with van der Waals surface area (Å²) in [5.41, 5.74) is 6.42. The van der Waals surface area contributed by atoms with Crippen LogP contribution in [0.1, 0.15) is 83.1 Å². The highest BCUT2D eigenvalue weighted by Gasteiger charge is 2.64. The van der Waals surface area contributed by atoms with E-state index in [1.807, 2.05) is 6.08 Å². The number of carbonyl (C=O) groups is 2. The molecule has 0 saturated heterocycles. The molecule has 0 spiro atoms. The zero-order chi connectivity index (χ0) is 25.0. The summed E-state index contributed by atoms with van der Waals surface area (Å²) in [6.45, 7) is 4.35. The Hall–Kier alpha value is -2.20. The molecule has 4 nitrogen and oxygen atoms in total. The first-order valence-electron chi connectivity index (χ1n) is 13.6. The smallest absolute Gasteiger partial charge is 0.156 e. The average molecular weight is 476 g/mol. The van der Waals surface area contributed by atoms with E-state index in [4.69, 9.17) is 0 Å². The zero-order valence-electron chi connectivity index (χ0n) is 21.9. The third-order valence-electron chi connectivity index (χ3n) is 10.3. The molecule has 4 aliphatic carbocycles. The minimum Gasteiger partial charge on any atom is -0.396 e. The molecule has 35 heavy (non-hydrogen) atoms. The summed E-state index contributed by atoms with van der Waals surface area (Å²) in [7, 11) is 4.14. The van der Waals surface area contributed by atoms with Crippen molar-refractivity contribution in [3.63, 3.8) is 0 Å². The van der Waals surface area contributed by atoms with Crippen molar-refractivity contribution >= 4 is 17.3 Å². The Kier molecular flexibility index (Phi) is 6.32. The predicted octanol–water partition coefficient (Wildman–Crippen LogP) is 6.00. The summed E-state index contributed by atoms with van der Waals surface area (Å²) in [5, 5.41) is 9.69. The SMILES string of the molecule is CC(=O)[C@@]1(CCCO)CC[C@H]2[C@@H]3CCC4=CC(=O)CCC4=C3[C@@H](c3ccc(N(C)C)cc3)C[C@@]21C. The second-order valence-corrected chi connectivity index (χ2v) is 12.0. The molecule has 2 saturated carbocycles. The summed E-state index contributed by atoms with van der Waals surface area (Å²) in [6.07, 6.45) is 9.97. The topological polar surface area (TPSA) is 57.6 Å². The predicted molar refractivity (Wildman–Crippen MR) is 140 cm³/mol. The van der Waals surface area contributed by atoms with Crippen LogP contribution in [0, 0.1) is 22.7 Å². The van der Waals surface area contributed by atoms with Crippen LogP contribution in [0.25, 0.3) is 0 Å². The van der Waals surface area contributed by atoms with Gasteiger partial charge in [-0.3, -0.25) is 9.59 Å². The van der Waals surface area contributed by atoms with E-state index >= 15 is 0 Å². The van der Waals surface area contributed by atoms with E-state index < -0.39 is 0 Å². The maximum absolute atomic E-state index is 13.4. The molecular weight excluding hydrogens is 434 g/mol. The first-order chi connectivity index (χ1) is 16.7. The molecule has 5 rings (SSSR count). The Bertz CT molecular complexity index is 1080. The van der Waals surface area contributed by atoms with Crippen molar-refractivity contribution in [2.45, 2.75) is 77.6 Å². The van der Waals surface area contributed by atoms with Crippen LogP contribution in [-0.4, -0.2) is 37.4 Å². The number of ketones is 2. The molecule has 0 amide bonds. The van der Waals surface area contributed by atoms with Crippen molar-refractivity contribution < 1.29 is 14.7 Å². The van der Waals surface area contributed by atoms with Crippen molar-refractivity contribution in [2.75, 3.05) is 25.6 Å². The fourth-order valence-corrected chi connectivity index (χ4v) is 8.63. The molecule has 5 atom stereocenters. The second-order valence-electron chi connectivity index (χ2n) is 12.0. The van der Waals surface area contributed by atoms with Crippen LogP contribution in [0.4, 0.5) is 5.69 Å². The third-order valence-corrected chi connectivity index (χ3v) is 10.3. The van der Waals surface area contributed by atoms with Gasteiger partial charge in [0, 0.05) is 44.1 Å². The molecule has 0 aromatic heterocycles. The number of carbonyl (C=O) groups excluding carboxylic acids is 2. The molecule has 1 aromatic carbocycles. The van der Waals surface area contributed by atoms with E-state index in [-0.39, 0.29) is 29.1 Å². The van der Waals surface area contributed by atoms with Gasteiger partial charge in [-0.25, -0.2) is 0 Å². The lowest BCUT2D eigenvalue weighted by Gasteiger charge is -2.56. The Balaban J connectivity index is 1.66. The number of allylic oxidation sites excluding steroid dienone is 4. The largest absolute Gasteiger partial charge is 0.396 e. The highest BCUT2D eigenvalue weighted by atomic mass is 16.3. The highest BCUT2D eigenvalue weighted by Crippen LogP contribution is 2.70. The standard InChI is InChI=1S/C31H41NO3/c1-20(34)31(15-5-17-33)16-14-28-26-12-8-22-18-24(35)11-13-25(22)29(26)27(19-30(28,31)2)21-6-9-23(10-7-21)32(3)4/h6-7,9-10,18,26-28,33H,5,8,11-17,19H2,1-4H3/t26-,27+,28-,30-,31+/m0/s1. The Morgan fingerprint density at radius 3 is 2.51 bits per heavy atom. The van der Waals surface area contributed by atoms with Gasteiger partial charge in [-0.15, -0.1) is 0 Å². The van der Waals surface area contributed by atoms with Crippen LogP contribution < -0.4 is 4.90 Å². The lowest BCUT2D eigenvalue weighted by molar-refractivity contribution is -0.137. The van der Waals surface area contributed by atoms with Gasteiger partial charge in [0.05, 0.1) is 0 Å². The Morgan fingerprint density at radius 1 is 1.11 bits per heavy atom. The van der Waals surface area contributed by atoms with E-state index in [0.29, 0.717) is 30.5 Å². The van der Waals surface area contributed by atoms with Crippen LogP contribution in [0.15, 0.2) is 47.1 Å². The van der Waals surface area contributed by atoms with Crippen LogP contribution in [0.2, 0.25) is 0 Å². The first kappa shape index (κ1) is 24.5. The van der Waals surface area contributed by atoms with Gasteiger partial charge in [-0.2, -0.15) is 0 Å². The van der Waals surface area contributed by atoms with Crippen LogP contribution in [0.5, 0.6) is 0 Å². The van der Waals surface area contributed by atoms with E-state index in [0.717, 1.165) is 44.9 Å². The maximum Gasteiger partial charge on any atom is 0.156 e. The molecule has 1 N–H and O–H groups in total. The Labute approximate surface area is 210 Å². The number of Topliss-reactive ketones (excluding diaryl/α,β-unsaturated/α-hetero) is 1. The number of aliphatic hydroxyl groups is 1. The number of anilines is 1. The molecule has 0 unspecified atom stereocenters. The van der Waals surface area contributed by atoms with Crippen molar-refractivity contribution in [1.29, 1.82) is 0 Å². The lowest BCUT2D eigenvalue weighted by Crippen LogP contribution is -2.50. The summed E-state index contributed by atoms with van der Waals surface area (Å²) < 4.78 is 0. The first-order valence-corrected chi connectivity index (χ1v) is 13.6. The normalized spacial score (nSPS) is 34.1. The second kappa shape index (κ2) is 9.03. The highest BCUT2D eigenvalue weighted by molar-refractivity contribution is 5.93. The molecule has 0 radical (unpaired) electrons. The minimum absolute atomic E-state index is 0.0840. The molecule has 0 bridgehead atoms. The van der Waals surface area contributed by atoms with Crippen LogP contribution in [0.3, 0.4) is 0 Å². The van der Waals surface area contributed by atoms with Crippen molar-refractivity contribution in [1.82, 2.24) is 0 Å². The number of fused-ring (bicyclic) bond motifs is 4.